The molecule has 0 aromatic carbocycles. The summed E-state index contributed by atoms with van der Waals surface area (Å²) in [7, 11) is -2.38. The van der Waals surface area contributed by atoms with Gasteiger partial charge in [0.1, 0.15) is 16.5 Å². The van der Waals surface area contributed by atoms with Crippen LogP contribution in [0.5, 0.6) is 0 Å². The van der Waals surface area contributed by atoms with Crippen molar-refractivity contribution in [2.24, 2.45) is 0 Å². The molecule has 0 spiro atoms. The average molecular weight is 285 g/mol. The van der Waals surface area contributed by atoms with Gasteiger partial charge in [-0.15, -0.1) is 0 Å². The van der Waals surface area contributed by atoms with E-state index in [1.54, 1.807) is 0 Å². The summed E-state index contributed by atoms with van der Waals surface area (Å²) in [5, 5.41) is 0. The molecular formula is C14H36BNSi2. The maximum atomic E-state index is 3.03. The molecule has 0 aliphatic rings. The van der Waals surface area contributed by atoms with Crippen LogP contribution < -0.4 is 0 Å². The number of hydrogen-bond acceptors (Lipinski definition) is 1. The van der Waals surface area contributed by atoms with E-state index in [1.165, 1.54) is 38.3 Å². The van der Waals surface area contributed by atoms with E-state index in [-0.39, 0.29) is 0 Å². The van der Waals surface area contributed by atoms with Gasteiger partial charge in [0.2, 0.25) is 6.85 Å². The summed E-state index contributed by atoms with van der Waals surface area (Å²) in [5.74, 6) is 0. The van der Waals surface area contributed by atoms with Gasteiger partial charge in [-0.05, 0) is 0 Å². The highest BCUT2D eigenvalue weighted by Gasteiger charge is 2.39. The molecule has 0 fully saturated rings. The molecule has 0 saturated carbocycles. The van der Waals surface area contributed by atoms with E-state index < -0.39 is 16.5 Å². The second kappa shape index (κ2) is 7.91. The minimum atomic E-state index is -1.19. The zero-order valence-corrected chi connectivity index (χ0v) is 16.3. The number of rotatable bonds is 9. The monoisotopic (exact) mass is 285 g/mol. The molecule has 18 heavy (non-hydrogen) atoms. The van der Waals surface area contributed by atoms with E-state index >= 15 is 0 Å². The molecule has 0 heterocycles. The summed E-state index contributed by atoms with van der Waals surface area (Å²) >= 11 is 0. The fraction of sp³-hybridized carbons (Fsp3) is 1.00. The van der Waals surface area contributed by atoms with Crippen LogP contribution in [0.3, 0.4) is 0 Å². The fourth-order valence-electron chi connectivity index (χ4n) is 3.38. The lowest BCUT2D eigenvalue weighted by Crippen LogP contribution is -2.65. The molecule has 0 radical (unpaired) electrons. The van der Waals surface area contributed by atoms with Crippen molar-refractivity contribution in [1.29, 1.82) is 0 Å². The average Bonchev–Trinajstić information content (AvgIpc) is 2.17. The van der Waals surface area contributed by atoms with Crippen LogP contribution in [-0.2, 0) is 0 Å². The molecule has 4 heteroatoms. The van der Waals surface area contributed by atoms with Gasteiger partial charge < -0.3 is 4.14 Å². The van der Waals surface area contributed by atoms with Crippen molar-refractivity contribution in [2.75, 3.05) is 0 Å². The predicted octanol–water partition coefficient (Wildman–Crippen LogP) is 5.55. The van der Waals surface area contributed by atoms with Gasteiger partial charge in [0.05, 0.1) is 0 Å². The first-order valence-electron chi connectivity index (χ1n) is 7.94. The Bertz CT molecular complexity index is 199. The number of unbranched alkanes of at least 4 members (excludes halogenated alkanes) is 2. The molecule has 0 bridgehead atoms. The van der Waals surface area contributed by atoms with Gasteiger partial charge in [0.15, 0.2) is 0 Å². The Morgan fingerprint density at radius 2 is 1.06 bits per heavy atom. The van der Waals surface area contributed by atoms with Crippen molar-refractivity contribution in [2.45, 2.75) is 91.5 Å². The van der Waals surface area contributed by atoms with Crippen LogP contribution in [0.4, 0.5) is 0 Å². The van der Waals surface area contributed by atoms with E-state index in [2.05, 4.69) is 57.3 Å². The second-order valence-corrected chi connectivity index (χ2v) is 17.7. The van der Waals surface area contributed by atoms with Gasteiger partial charge >= 0.3 is 0 Å². The summed E-state index contributed by atoms with van der Waals surface area (Å²) in [6, 6.07) is 0. The maximum Gasteiger partial charge on any atom is 0.209 e. The van der Waals surface area contributed by atoms with Gasteiger partial charge in [0.25, 0.3) is 0 Å². The van der Waals surface area contributed by atoms with Gasteiger partial charge in [-0.2, -0.15) is 0 Å². The molecule has 0 aromatic heterocycles. The highest BCUT2D eigenvalue weighted by Crippen LogP contribution is 2.26. The second-order valence-electron chi connectivity index (χ2n) is 7.65. The number of hydrogen-bond donors (Lipinski definition) is 0. The van der Waals surface area contributed by atoms with Crippen molar-refractivity contribution in [1.82, 2.24) is 4.14 Å². The van der Waals surface area contributed by atoms with Gasteiger partial charge in [-0.25, -0.2) is 0 Å². The Labute approximate surface area is 119 Å². The van der Waals surface area contributed by atoms with Gasteiger partial charge in [0, 0.05) is 0 Å². The van der Waals surface area contributed by atoms with Gasteiger partial charge in [-0.1, -0.05) is 91.5 Å². The highest BCUT2D eigenvalue weighted by molar-refractivity contribution is 6.99. The van der Waals surface area contributed by atoms with Crippen LogP contribution in [0, 0.1) is 0 Å². The van der Waals surface area contributed by atoms with Crippen LogP contribution >= 0.6 is 0 Å². The maximum absolute atomic E-state index is 3.03. The van der Waals surface area contributed by atoms with E-state index in [4.69, 9.17) is 0 Å². The lowest BCUT2D eigenvalue weighted by molar-refractivity contribution is 0.787. The van der Waals surface area contributed by atoms with Crippen LogP contribution in [0.25, 0.3) is 0 Å². The Hall–Kier alpha value is 0.459. The molecule has 0 rings (SSSR count). The molecule has 0 unspecified atom stereocenters. The summed E-state index contributed by atoms with van der Waals surface area (Å²) < 4.78 is 3.03. The first-order valence-corrected chi connectivity index (χ1v) is 14.8. The van der Waals surface area contributed by atoms with Crippen molar-refractivity contribution < 1.29 is 0 Å². The van der Waals surface area contributed by atoms with Crippen LogP contribution in [0.1, 0.15) is 39.5 Å². The van der Waals surface area contributed by atoms with Crippen LogP contribution in [-0.4, -0.2) is 27.5 Å². The quantitative estimate of drug-likeness (QED) is 0.502. The third-order valence-electron chi connectivity index (χ3n) is 3.59. The normalized spacial score (nSPS) is 13.2. The Kier molecular flexibility index (Phi) is 8.11. The van der Waals surface area contributed by atoms with Gasteiger partial charge in [-0.3, -0.25) is 0 Å². The topological polar surface area (TPSA) is 3.24 Å². The summed E-state index contributed by atoms with van der Waals surface area (Å²) in [6.45, 7) is 20.7. The minimum absolute atomic E-state index is 0.864. The zero-order chi connectivity index (χ0) is 14.4. The first kappa shape index (κ1) is 18.5. The molecule has 0 saturated heterocycles. The minimum Gasteiger partial charge on any atom is -0.388 e. The van der Waals surface area contributed by atoms with Crippen molar-refractivity contribution in [3.63, 3.8) is 0 Å². The molecule has 0 aliphatic carbocycles. The van der Waals surface area contributed by atoms with E-state index in [0.717, 1.165) is 6.85 Å². The smallest absolute Gasteiger partial charge is 0.209 e. The largest absolute Gasteiger partial charge is 0.388 e. The molecule has 0 aliphatic heterocycles. The lowest BCUT2D eigenvalue weighted by Gasteiger charge is -2.48. The molecule has 0 amide bonds. The molecule has 0 aromatic rings. The number of nitrogens with zero attached hydrogens (tertiary/aromatic N) is 1. The van der Waals surface area contributed by atoms with Crippen LogP contribution in [0.15, 0.2) is 0 Å². The van der Waals surface area contributed by atoms with Crippen molar-refractivity contribution in [3.05, 3.63) is 0 Å². The fourth-order valence-corrected chi connectivity index (χ4v) is 14.1. The van der Waals surface area contributed by atoms with Crippen molar-refractivity contribution in [3.8, 4) is 0 Å². The Morgan fingerprint density at radius 3 is 1.28 bits per heavy atom. The Morgan fingerprint density at radius 1 is 0.722 bits per heavy atom. The predicted molar refractivity (Wildman–Crippen MR) is 93.7 cm³/mol. The SMILES string of the molecule is CCCCB(CCCC)N([Si](C)(C)C)[Si](C)(C)C. The van der Waals surface area contributed by atoms with Crippen molar-refractivity contribution >= 4 is 23.3 Å². The molecule has 108 valence electrons. The first-order chi connectivity index (χ1) is 8.14. The molecule has 1 nitrogen and oxygen atoms in total. The van der Waals surface area contributed by atoms with E-state index in [9.17, 15) is 0 Å². The van der Waals surface area contributed by atoms with E-state index in [1.807, 2.05) is 0 Å². The Balaban J connectivity index is 4.95. The third-order valence-corrected chi connectivity index (χ3v) is 11.2. The summed E-state index contributed by atoms with van der Waals surface area (Å²) in [4.78, 5) is 0. The third kappa shape index (κ3) is 6.57. The standard InChI is InChI=1S/C14H36BNSi2/c1-9-11-13-15(14-12-10-2)16(17(3,4)5)18(6,7)8/h9-14H2,1-8H3. The lowest BCUT2D eigenvalue weighted by atomic mass is 9.56. The summed E-state index contributed by atoms with van der Waals surface area (Å²) in [5.41, 5.74) is 0. The molecule has 0 N–H and O–H groups in total. The van der Waals surface area contributed by atoms with E-state index in [0.29, 0.717) is 0 Å². The summed E-state index contributed by atoms with van der Waals surface area (Å²) in [6.07, 6.45) is 8.33. The molecular weight excluding hydrogens is 249 g/mol. The van der Waals surface area contributed by atoms with Crippen LogP contribution in [0.2, 0.25) is 51.9 Å². The highest BCUT2D eigenvalue weighted by atomic mass is 28.4. The zero-order valence-electron chi connectivity index (χ0n) is 14.3. The molecule has 0 atom stereocenters.